The van der Waals surface area contributed by atoms with E-state index >= 15 is 0 Å². The van der Waals surface area contributed by atoms with Crippen molar-refractivity contribution >= 4 is 28.1 Å². The van der Waals surface area contributed by atoms with Gasteiger partial charge in [-0.2, -0.15) is 0 Å². The molecule has 0 aliphatic rings. The molecule has 0 atom stereocenters. The van der Waals surface area contributed by atoms with Crippen LogP contribution in [0.1, 0.15) is 11.1 Å². The molecule has 3 heterocycles. The third-order valence-corrected chi connectivity index (χ3v) is 5.31. The summed E-state index contributed by atoms with van der Waals surface area (Å²) in [5, 5.41) is 6.19. The van der Waals surface area contributed by atoms with E-state index in [2.05, 4.69) is 33.1 Å². The van der Waals surface area contributed by atoms with Crippen molar-refractivity contribution in [2.75, 3.05) is 0 Å². The third-order valence-electron chi connectivity index (χ3n) is 4.42. The molecule has 5 heteroatoms. The van der Waals surface area contributed by atoms with Gasteiger partial charge in [-0.05, 0) is 40.8 Å². The molecule has 26 heavy (non-hydrogen) atoms. The van der Waals surface area contributed by atoms with Gasteiger partial charge in [0.05, 0.1) is 17.0 Å². The Morgan fingerprint density at radius 3 is 2.92 bits per heavy atom. The van der Waals surface area contributed by atoms with Gasteiger partial charge in [0.25, 0.3) is 0 Å². The second-order valence-electron chi connectivity index (χ2n) is 6.26. The molecule has 0 spiro atoms. The molecular weight excluding hydrogens is 342 g/mol. The molecule has 0 bridgehead atoms. The lowest BCUT2D eigenvalue weighted by Crippen LogP contribution is -2.24. The lowest BCUT2D eigenvalue weighted by atomic mass is 10.1. The van der Waals surface area contributed by atoms with Crippen molar-refractivity contribution in [3.05, 3.63) is 77.4 Å². The SMILES string of the molecule is Cn1cc(CC(=O)NCc2ccnc(-c3cccs3)c2)c2ccccc21. The lowest BCUT2D eigenvalue weighted by Gasteiger charge is -2.06. The van der Waals surface area contributed by atoms with Crippen LogP contribution < -0.4 is 5.32 Å². The Hall–Kier alpha value is -2.92. The molecule has 0 fully saturated rings. The number of benzene rings is 1. The number of nitrogens with zero attached hydrogens (tertiary/aromatic N) is 2. The average Bonchev–Trinajstić information content (AvgIpc) is 3.30. The fourth-order valence-electron chi connectivity index (χ4n) is 3.15. The van der Waals surface area contributed by atoms with Crippen molar-refractivity contribution in [1.29, 1.82) is 0 Å². The van der Waals surface area contributed by atoms with E-state index in [0.29, 0.717) is 13.0 Å². The number of nitrogens with one attached hydrogen (secondary N) is 1. The number of aromatic nitrogens is 2. The zero-order valence-corrected chi connectivity index (χ0v) is 15.3. The van der Waals surface area contributed by atoms with Crippen molar-refractivity contribution < 1.29 is 4.79 Å². The number of fused-ring (bicyclic) bond motifs is 1. The molecule has 0 aliphatic heterocycles. The van der Waals surface area contributed by atoms with E-state index in [1.807, 2.05) is 49.0 Å². The molecule has 0 unspecified atom stereocenters. The maximum atomic E-state index is 12.4. The highest BCUT2D eigenvalue weighted by Gasteiger charge is 2.10. The van der Waals surface area contributed by atoms with Gasteiger partial charge in [-0.15, -0.1) is 11.3 Å². The van der Waals surface area contributed by atoms with E-state index in [1.54, 1.807) is 17.5 Å². The number of rotatable bonds is 5. The molecule has 1 aromatic carbocycles. The van der Waals surface area contributed by atoms with Gasteiger partial charge in [0.2, 0.25) is 5.91 Å². The predicted molar refractivity (Wildman–Crippen MR) is 106 cm³/mol. The van der Waals surface area contributed by atoms with E-state index in [0.717, 1.165) is 32.6 Å². The molecule has 1 N–H and O–H groups in total. The van der Waals surface area contributed by atoms with E-state index in [4.69, 9.17) is 0 Å². The second-order valence-corrected chi connectivity index (χ2v) is 7.21. The van der Waals surface area contributed by atoms with Gasteiger partial charge < -0.3 is 9.88 Å². The molecule has 4 nitrogen and oxygen atoms in total. The molecule has 0 aliphatic carbocycles. The van der Waals surface area contributed by atoms with Crippen LogP contribution in [0.3, 0.4) is 0 Å². The van der Waals surface area contributed by atoms with Crippen LogP contribution in [0.2, 0.25) is 0 Å². The standard InChI is InChI=1S/C21H19N3OS/c1-24-14-16(17-5-2-3-6-19(17)24)12-21(25)23-13-15-8-9-22-18(11-15)20-7-4-10-26-20/h2-11,14H,12-13H2,1H3,(H,23,25). The normalized spacial score (nSPS) is 11.0. The summed E-state index contributed by atoms with van der Waals surface area (Å²) in [5.74, 6) is 0.0239. The molecule has 0 radical (unpaired) electrons. The van der Waals surface area contributed by atoms with E-state index in [9.17, 15) is 4.79 Å². The van der Waals surface area contributed by atoms with Gasteiger partial charge in [-0.3, -0.25) is 9.78 Å². The lowest BCUT2D eigenvalue weighted by molar-refractivity contribution is -0.120. The van der Waals surface area contributed by atoms with Crippen LogP contribution in [0.5, 0.6) is 0 Å². The maximum Gasteiger partial charge on any atom is 0.224 e. The van der Waals surface area contributed by atoms with Crippen LogP contribution in [-0.2, 0) is 24.8 Å². The largest absolute Gasteiger partial charge is 0.352 e. The topological polar surface area (TPSA) is 46.9 Å². The average molecular weight is 361 g/mol. The Morgan fingerprint density at radius 2 is 2.08 bits per heavy atom. The fraction of sp³-hybridized carbons (Fsp3) is 0.143. The third kappa shape index (κ3) is 3.39. The van der Waals surface area contributed by atoms with Crippen molar-refractivity contribution in [3.63, 3.8) is 0 Å². The summed E-state index contributed by atoms with van der Waals surface area (Å²) in [5.41, 5.74) is 4.19. The summed E-state index contributed by atoms with van der Waals surface area (Å²) in [7, 11) is 2.01. The van der Waals surface area contributed by atoms with Gasteiger partial charge in [0, 0.05) is 36.9 Å². The highest BCUT2D eigenvalue weighted by atomic mass is 32.1. The molecule has 130 valence electrons. The zero-order valence-electron chi connectivity index (χ0n) is 14.5. The van der Waals surface area contributed by atoms with Gasteiger partial charge in [-0.25, -0.2) is 0 Å². The maximum absolute atomic E-state index is 12.4. The first-order chi connectivity index (χ1) is 12.7. The van der Waals surface area contributed by atoms with Crippen LogP contribution in [0, 0.1) is 0 Å². The van der Waals surface area contributed by atoms with E-state index in [1.165, 1.54) is 0 Å². The van der Waals surface area contributed by atoms with Crippen molar-refractivity contribution in [3.8, 4) is 10.6 Å². The number of thiophene rings is 1. The number of amides is 1. The number of carbonyl (C=O) groups excluding carboxylic acids is 1. The van der Waals surface area contributed by atoms with Gasteiger partial charge in [0.1, 0.15) is 0 Å². The van der Waals surface area contributed by atoms with Crippen molar-refractivity contribution in [2.45, 2.75) is 13.0 Å². The summed E-state index contributed by atoms with van der Waals surface area (Å²) < 4.78 is 2.06. The Balaban J connectivity index is 1.43. The predicted octanol–water partition coefficient (Wildman–Crippen LogP) is 4.16. The minimum atomic E-state index is 0.0239. The second kappa shape index (κ2) is 7.14. The summed E-state index contributed by atoms with van der Waals surface area (Å²) in [6.45, 7) is 0.504. The van der Waals surface area contributed by atoms with Crippen molar-refractivity contribution in [2.24, 2.45) is 7.05 Å². The summed E-state index contributed by atoms with van der Waals surface area (Å²) >= 11 is 1.66. The molecule has 0 saturated carbocycles. The Labute approximate surface area is 156 Å². The van der Waals surface area contributed by atoms with Gasteiger partial charge in [-0.1, -0.05) is 24.3 Å². The number of para-hydroxylation sites is 1. The van der Waals surface area contributed by atoms with E-state index < -0.39 is 0 Å². The Kier molecular flexibility index (Phi) is 4.54. The molecule has 1 amide bonds. The van der Waals surface area contributed by atoms with Crippen LogP contribution in [0.4, 0.5) is 0 Å². The smallest absolute Gasteiger partial charge is 0.224 e. The summed E-state index contributed by atoms with van der Waals surface area (Å²) in [6, 6.07) is 16.2. The quantitative estimate of drug-likeness (QED) is 0.580. The highest BCUT2D eigenvalue weighted by molar-refractivity contribution is 7.13. The molecule has 0 saturated heterocycles. The Morgan fingerprint density at radius 1 is 1.19 bits per heavy atom. The fourth-order valence-corrected chi connectivity index (χ4v) is 3.84. The number of hydrogen-bond donors (Lipinski definition) is 1. The number of aryl methyl sites for hydroxylation is 1. The number of carbonyl (C=O) groups is 1. The van der Waals surface area contributed by atoms with Gasteiger partial charge >= 0.3 is 0 Å². The molecule has 4 rings (SSSR count). The number of pyridine rings is 1. The number of hydrogen-bond acceptors (Lipinski definition) is 3. The molecule has 3 aromatic heterocycles. The summed E-state index contributed by atoms with van der Waals surface area (Å²) in [4.78, 5) is 18.0. The van der Waals surface area contributed by atoms with Crippen LogP contribution >= 0.6 is 11.3 Å². The monoisotopic (exact) mass is 361 g/mol. The first-order valence-corrected chi connectivity index (χ1v) is 9.37. The zero-order chi connectivity index (χ0) is 17.9. The van der Waals surface area contributed by atoms with Gasteiger partial charge in [0.15, 0.2) is 0 Å². The van der Waals surface area contributed by atoms with Crippen molar-refractivity contribution in [1.82, 2.24) is 14.9 Å². The first-order valence-electron chi connectivity index (χ1n) is 8.49. The molecular formula is C21H19N3OS. The first kappa shape index (κ1) is 16.5. The highest BCUT2D eigenvalue weighted by Crippen LogP contribution is 2.23. The van der Waals surface area contributed by atoms with Crippen LogP contribution in [0.25, 0.3) is 21.5 Å². The minimum absolute atomic E-state index is 0.0239. The van der Waals surface area contributed by atoms with Crippen LogP contribution in [0.15, 0.2) is 66.3 Å². The van der Waals surface area contributed by atoms with E-state index in [-0.39, 0.29) is 5.91 Å². The van der Waals surface area contributed by atoms with Crippen LogP contribution in [-0.4, -0.2) is 15.5 Å². The Bertz CT molecular complexity index is 1050. The summed E-state index contributed by atoms with van der Waals surface area (Å²) in [6.07, 6.45) is 4.21. The molecule has 4 aromatic rings. The minimum Gasteiger partial charge on any atom is -0.352 e.